The van der Waals surface area contributed by atoms with Crippen LogP contribution >= 0.6 is 11.3 Å². The summed E-state index contributed by atoms with van der Waals surface area (Å²) in [5, 5.41) is 5.80. The van der Waals surface area contributed by atoms with Gasteiger partial charge >= 0.3 is 0 Å². The predicted octanol–water partition coefficient (Wildman–Crippen LogP) is 1.94. The van der Waals surface area contributed by atoms with Gasteiger partial charge in [0.05, 0.1) is 11.7 Å². The molecule has 0 aromatic carbocycles. The van der Waals surface area contributed by atoms with Crippen LogP contribution in [-0.4, -0.2) is 15.5 Å². The molecule has 0 saturated carbocycles. The molecule has 1 unspecified atom stereocenters. The first kappa shape index (κ1) is 12.6. The van der Waals surface area contributed by atoms with E-state index in [1.165, 1.54) is 0 Å². The van der Waals surface area contributed by atoms with Crippen molar-refractivity contribution in [3.8, 4) is 0 Å². The standard InChI is InChI=1S/C12H16N4OS/c1-3-9(12-14-4-5-18-12)15-11(17)10-6-8(13)7-16(10)2/h4-7,9H,3,13H2,1-2H3,(H,15,17). The van der Waals surface area contributed by atoms with Crippen LogP contribution in [0.2, 0.25) is 0 Å². The molecule has 0 radical (unpaired) electrons. The van der Waals surface area contributed by atoms with Crippen molar-refractivity contribution in [1.29, 1.82) is 0 Å². The van der Waals surface area contributed by atoms with Gasteiger partial charge in [0.2, 0.25) is 0 Å². The van der Waals surface area contributed by atoms with E-state index >= 15 is 0 Å². The second-order valence-electron chi connectivity index (χ2n) is 4.07. The fraction of sp³-hybridized carbons (Fsp3) is 0.333. The van der Waals surface area contributed by atoms with Crippen molar-refractivity contribution in [2.24, 2.45) is 7.05 Å². The Morgan fingerprint density at radius 2 is 2.44 bits per heavy atom. The maximum absolute atomic E-state index is 12.1. The van der Waals surface area contributed by atoms with E-state index in [4.69, 9.17) is 5.73 Å². The highest BCUT2D eigenvalue weighted by molar-refractivity contribution is 7.09. The Morgan fingerprint density at radius 1 is 1.67 bits per heavy atom. The number of aromatic nitrogens is 2. The lowest BCUT2D eigenvalue weighted by Crippen LogP contribution is -2.29. The van der Waals surface area contributed by atoms with E-state index in [1.54, 1.807) is 41.4 Å². The van der Waals surface area contributed by atoms with E-state index < -0.39 is 0 Å². The number of carbonyl (C=O) groups excluding carboxylic acids is 1. The summed E-state index contributed by atoms with van der Waals surface area (Å²) in [6.07, 6.45) is 4.27. The van der Waals surface area contributed by atoms with Gasteiger partial charge in [-0.2, -0.15) is 0 Å². The van der Waals surface area contributed by atoms with Crippen LogP contribution < -0.4 is 11.1 Å². The topological polar surface area (TPSA) is 72.9 Å². The highest BCUT2D eigenvalue weighted by atomic mass is 32.1. The number of hydrogen-bond donors (Lipinski definition) is 2. The van der Waals surface area contributed by atoms with Crippen molar-refractivity contribution in [2.75, 3.05) is 5.73 Å². The molecule has 3 N–H and O–H groups in total. The van der Waals surface area contributed by atoms with Crippen LogP contribution in [0.25, 0.3) is 0 Å². The number of rotatable bonds is 4. The smallest absolute Gasteiger partial charge is 0.268 e. The lowest BCUT2D eigenvalue weighted by molar-refractivity contribution is 0.0927. The van der Waals surface area contributed by atoms with Gasteiger partial charge in [-0.25, -0.2) is 4.98 Å². The summed E-state index contributed by atoms with van der Waals surface area (Å²) in [6.45, 7) is 2.02. The molecule has 0 spiro atoms. The maximum atomic E-state index is 12.1. The lowest BCUT2D eigenvalue weighted by Gasteiger charge is -2.14. The first-order chi connectivity index (χ1) is 8.61. The Balaban J connectivity index is 2.13. The molecule has 0 fully saturated rings. The van der Waals surface area contributed by atoms with Crippen LogP contribution in [0.3, 0.4) is 0 Å². The average Bonchev–Trinajstić information content (AvgIpc) is 2.95. The molecule has 0 bridgehead atoms. The molecular formula is C12H16N4OS. The Kier molecular flexibility index (Phi) is 3.66. The summed E-state index contributed by atoms with van der Waals surface area (Å²) >= 11 is 1.54. The SMILES string of the molecule is CCC(NC(=O)c1cc(N)cn1C)c1nccs1. The molecule has 2 heterocycles. The molecule has 2 rings (SSSR count). The summed E-state index contributed by atoms with van der Waals surface area (Å²) in [5.74, 6) is -0.128. The van der Waals surface area contributed by atoms with Crippen molar-refractivity contribution >= 4 is 22.9 Å². The Labute approximate surface area is 110 Å². The number of nitrogen functional groups attached to an aromatic ring is 1. The van der Waals surface area contributed by atoms with Gasteiger partial charge in [-0.1, -0.05) is 6.92 Å². The quantitative estimate of drug-likeness (QED) is 0.886. The molecule has 5 nitrogen and oxygen atoms in total. The molecule has 2 aromatic rings. The first-order valence-corrected chi connectivity index (χ1v) is 6.62. The average molecular weight is 264 g/mol. The van der Waals surface area contributed by atoms with Crippen molar-refractivity contribution in [2.45, 2.75) is 19.4 Å². The van der Waals surface area contributed by atoms with Crippen LogP contribution in [0.4, 0.5) is 5.69 Å². The van der Waals surface area contributed by atoms with Gasteiger partial charge in [0, 0.05) is 24.8 Å². The van der Waals surface area contributed by atoms with Crippen molar-refractivity contribution < 1.29 is 4.79 Å². The molecule has 0 saturated heterocycles. The number of amides is 1. The van der Waals surface area contributed by atoms with Crippen LogP contribution in [0, 0.1) is 0 Å². The molecule has 0 aliphatic rings. The summed E-state index contributed by atoms with van der Waals surface area (Å²) < 4.78 is 1.72. The number of nitrogens with two attached hydrogens (primary N) is 1. The Bertz CT molecular complexity index is 532. The van der Waals surface area contributed by atoms with E-state index in [0.29, 0.717) is 11.4 Å². The van der Waals surface area contributed by atoms with Gasteiger partial charge in [-0.15, -0.1) is 11.3 Å². The Hall–Kier alpha value is -1.82. The van der Waals surface area contributed by atoms with E-state index in [0.717, 1.165) is 11.4 Å². The third-order valence-corrected chi connectivity index (χ3v) is 3.61. The molecule has 2 aromatic heterocycles. The molecule has 6 heteroatoms. The zero-order valence-corrected chi connectivity index (χ0v) is 11.2. The number of aryl methyl sites for hydroxylation is 1. The van der Waals surface area contributed by atoms with Crippen LogP contribution in [-0.2, 0) is 7.05 Å². The maximum Gasteiger partial charge on any atom is 0.268 e. The minimum Gasteiger partial charge on any atom is -0.397 e. The summed E-state index contributed by atoms with van der Waals surface area (Å²) in [5.41, 5.74) is 6.81. The van der Waals surface area contributed by atoms with Gasteiger partial charge < -0.3 is 15.6 Å². The van der Waals surface area contributed by atoms with Crippen molar-refractivity contribution in [3.05, 3.63) is 34.5 Å². The van der Waals surface area contributed by atoms with Gasteiger partial charge in [-0.05, 0) is 12.5 Å². The highest BCUT2D eigenvalue weighted by Gasteiger charge is 2.18. The molecular weight excluding hydrogens is 248 g/mol. The normalized spacial score (nSPS) is 12.3. The van der Waals surface area contributed by atoms with E-state index in [-0.39, 0.29) is 11.9 Å². The summed E-state index contributed by atoms with van der Waals surface area (Å²) in [4.78, 5) is 16.4. The summed E-state index contributed by atoms with van der Waals surface area (Å²) in [7, 11) is 1.80. The monoisotopic (exact) mass is 264 g/mol. The van der Waals surface area contributed by atoms with E-state index in [1.807, 2.05) is 12.3 Å². The van der Waals surface area contributed by atoms with Crippen LogP contribution in [0.1, 0.15) is 34.9 Å². The van der Waals surface area contributed by atoms with Crippen molar-refractivity contribution in [3.63, 3.8) is 0 Å². The molecule has 1 atom stereocenters. The molecule has 0 aliphatic heterocycles. The second-order valence-corrected chi connectivity index (χ2v) is 5.00. The minimum absolute atomic E-state index is 0.0476. The van der Waals surface area contributed by atoms with Gasteiger partial charge in [0.15, 0.2) is 0 Å². The third-order valence-electron chi connectivity index (χ3n) is 2.72. The number of thiazole rings is 1. The molecule has 0 aliphatic carbocycles. The third kappa shape index (κ3) is 2.53. The van der Waals surface area contributed by atoms with E-state index in [9.17, 15) is 4.79 Å². The lowest BCUT2D eigenvalue weighted by atomic mass is 10.2. The molecule has 96 valence electrons. The first-order valence-electron chi connectivity index (χ1n) is 5.74. The van der Waals surface area contributed by atoms with Crippen molar-refractivity contribution in [1.82, 2.24) is 14.9 Å². The number of nitrogens with zero attached hydrogens (tertiary/aromatic N) is 2. The summed E-state index contributed by atoms with van der Waals surface area (Å²) in [6, 6.07) is 1.62. The van der Waals surface area contributed by atoms with Gasteiger partial charge in [0.25, 0.3) is 5.91 Å². The largest absolute Gasteiger partial charge is 0.397 e. The minimum atomic E-state index is -0.128. The number of carbonyl (C=O) groups is 1. The zero-order chi connectivity index (χ0) is 13.1. The fourth-order valence-corrected chi connectivity index (χ4v) is 2.57. The van der Waals surface area contributed by atoms with Crippen LogP contribution in [0.15, 0.2) is 23.8 Å². The fourth-order valence-electron chi connectivity index (χ4n) is 1.79. The Morgan fingerprint density at radius 3 is 2.94 bits per heavy atom. The number of anilines is 1. The van der Waals surface area contributed by atoms with Gasteiger partial charge in [0.1, 0.15) is 10.7 Å². The zero-order valence-electron chi connectivity index (χ0n) is 10.4. The second kappa shape index (κ2) is 5.22. The number of hydrogen-bond acceptors (Lipinski definition) is 4. The van der Waals surface area contributed by atoms with Gasteiger partial charge in [-0.3, -0.25) is 4.79 Å². The predicted molar refractivity (Wildman–Crippen MR) is 72.4 cm³/mol. The number of nitrogens with one attached hydrogen (secondary N) is 1. The molecule has 1 amide bonds. The van der Waals surface area contributed by atoms with Crippen LogP contribution in [0.5, 0.6) is 0 Å². The molecule has 18 heavy (non-hydrogen) atoms. The van der Waals surface area contributed by atoms with E-state index in [2.05, 4.69) is 10.3 Å². The highest BCUT2D eigenvalue weighted by Crippen LogP contribution is 2.19.